The Morgan fingerprint density at radius 3 is 2.31 bits per heavy atom. The molecule has 3 atom stereocenters. The number of nitrogens with zero attached hydrogens (tertiary/aromatic N) is 3. The van der Waals surface area contributed by atoms with Gasteiger partial charge in [0.1, 0.15) is 22.8 Å². The number of aryl methyl sites for hydroxylation is 1. The van der Waals surface area contributed by atoms with E-state index >= 15 is 0 Å². The van der Waals surface area contributed by atoms with Crippen LogP contribution in [-0.4, -0.2) is 67.8 Å². The number of hydrogen-bond donors (Lipinski definition) is 1. The number of aromatic amines is 1. The fourth-order valence-electron chi connectivity index (χ4n) is 6.69. The van der Waals surface area contributed by atoms with Gasteiger partial charge in [-0.25, -0.2) is 14.6 Å². The monoisotopic (exact) mass is 580 g/mol. The summed E-state index contributed by atoms with van der Waals surface area (Å²) in [6, 6.07) is 6.18. The first-order valence-electron chi connectivity index (χ1n) is 15.3. The summed E-state index contributed by atoms with van der Waals surface area (Å²) < 4.78 is 18.3. The minimum Gasteiger partial charge on any atom is -0.480 e. The number of benzene rings is 1. The molecule has 1 aromatic carbocycles. The van der Waals surface area contributed by atoms with Crippen LogP contribution in [0.25, 0.3) is 11.3 Å². The number of carbonyl (C=O) groups is 2. The molecule has 5 rings (SSSR count). The molecule has 4 heterocycles. The van der Waals surface area contributed by atoms with Gasteiger partial charge in [-0.05, 0) is 99.8 Å². The van der Waals surface area contributed by atoms with Gasteiger partial charge in [0.05, 0.1) is 11.4 Å². The summed E-state index contributed by atoms with van der Waals surface area (Å²) in [7, 11) is 0. The zero-order chi connectivity index (χ0) is 30.8. The third kappa shape index (κ3) is 5.84. The Labute approximate surface area is 250 Å². The van der Waals surface area contributed by atoms with E-state index in [2.05, 4.69) is 50.9 Å². The second-order valence-electron chi connectivity index (χ2n) is 15.1. The number of nitrogens with one attached hydrogen (secondary N) is 1. The number of ether oxygens (including phenoxy) is 3. The maximum absolute atomic E-state index is 13.0. The molecule has 0 radical (unpaired) electrons. The van der Waals surface area contributed by atoms with Crippen molar-refractivity contribution in [2.24, 2.45) is 0 Å². The molecular formula is C33H48N4O5. The first kappa shape index (κ1) is 30.2. The zero-order valence-electron chi connectivity index (χ0n) is 27.0. The molecule has 0 saturated carbocycles. The first-order chi connectivity index (χ1) is 19.4. The van der Waals surface area contributed by atoms with Gasteiger partial charge >= 0.3 is 12.2 Å². The highest BCUT2D eigenvalue weighted by Crippen LogP contribution is 2.51. The number of piperidine rings is 2. The number of fused-ring (bicyclic) bond motifs is 4. The number of rotatable bonds is 1. The molecule has 0 aliphatic carbocycles. The Bertz CT molecular complexity index is 1370. The van der Waals surface area contributed by atoms with Crippen LogP contribution in [0.1, 0.15) is 111 Å². The molecule has 3 aliphatic rings. The van der Waals surface area contributed by atoms with Crippen LogP contribution in [0.3, 0.4) is 0 Å². The molecule has 9 nitrogen and oxygen atoms in total. The number of hydrogen-bond acceptors (Lipinski definition) is 6. The van der Waals surface area contributed by atoms with Crippen molar-refractivity contribution in [2.75, 3.05) is 13.1 Å². The van der Waals surface area contributed by atoms with Crippen molar-refractivity contribution in [2.45, 2.75) is 129 Å². The Morgan fingerprint density at radius 2 is 1.69 bits per heavy atom. The van der Waals surface area contributed by atoms with Crippen molar-refractivity contribution in [1.29, 1.82) is 0 Å². The number of H-pyrrole nitrogens is 1. The summed E-state index contributed by atoms with van der Waals surface area (Å²) in [5, 5.41) is 0. The van der Waals surface area contributed by atoms with Gasteiger partial charge in [-0.15, -0.1) is 0 Å². The fourth-order valence-corrected chi connectivity index (χ4v) is 6.69. The van der Waals surface area contributed by atoms with Crippen LogP contribution in [0, 0.1) is 6.92 Å². The lowest BCUT2D eigenvalue weighted by molar-refractivity contribution is -0.0429. The quantitative estimate of drug-likeness (QED) is 0.381. The summed E-state index contributed by atoms with van der Waals surface area (Å²) in [6.45, 7) is 20.8. The lowest BCUT2D eigenvalue weighted by atomic mass is 9.80. The molecular weight excluding hydrogens is 532 g/mol. The number of carbonyl (C=O) groups excluding carboxylic acids is 2. The van der Waals surface area contributed by atoms with Crippen molar-refractivity contribution >= 4 is 12.2 Å². The molecule has 0 bridgehead atoms. The van der Waals surface area contributed by atoms with E-state index in [-0.39, 0.29) is 24.1 Å². The molecule has 1 spiro atoms. The molecule has 1 N–H and O–H groups in total. The normalized spacial score (nSPS) is 25.4. The summed E-state index contributed by atoms with van der Waals surface area (Å²) in [5.74, 6) is 1.91. The van der Waals surface area contributed by atoms with E-state index in [4.69, 9.17) is 19.2 Å². The summed E-state index contributed by atoms with van der Waals surface area (Å²) in [4.78, 5) is 38.7. The third-order valence-corrected chi connectivity index (χ3v) is 8.60. The van der Waals surface area contributed by atoms with E-state index in [1.807, 2.05) is 51.3 Å². The Morgan fingerprint density at radius 1 is 1.02 bits per heavy atom. The molecule has 2 aromatic rings. The molecule has 3 aliphatic heterocycles. The topological polar surface area (TPSA) is 97.0 Å². The highest BCUT2D eigenvalue weighted by Gasteiger charge is 2.50. The van der Waals surface area contributed by atoms with Crippen molar-refractivity contribution in [3.63, 3.8) is 0 Å². The number of likely N-dealkylation sites (tertiary alicyclic amines) is 2. The maximum Gasteiger partial charge on any atom is 0.410 e. The van der Waals surface area contributed by atoms with Crippen LogP contribution >= 0.6 is 0 Å². The first-order valence-corrected chi connectivity index (χ1v) is 15.3. The standard InChI is InChI=1S/C33H48N4O5/c1-20-11-12-23-24(17-20)40-33(14-16-36(21(2)18-33)28(38)41-30(3,4)5)26-25(23)34-27(35-26)22-13-15-37(32(9,10)19-22)29(39)42-31(6,7)8/h11-12,17,21-22H,13-16,18-19H2,1-10H3,(H,34,35)/t21-,22?,33+/m0/s1. The lowest BCUT2D eigenvalue weighted by Gasteiger charge is -2.47. The van der Waals surface area contributed by atoms with E-state index < -0.39 is 22.3 Å². The largest absolute Gasteiger partial charge is 0.480 e. The molecule has 2 amide bonds. The average Bonchev–Trinajstić information content (AvgIpc) is 3.28. The smallest absolute Gasteiger partial charge is 0.410 e. The molecule has 230 valence electrons. The van der Waals surface area contributed by atoms with Gasteiger partial charge in [0, 0.05) is 49.0 Å². The van der Waals surface area contributed by atoms with Gasteiger partial charge in [0.2, 0.25) is 0 Å². The summed E-state index contributed by atoms with van der Waals surface area (Å²) in [6.07, 6.45) is 2.23. The van der Waals surface area contributed by atoms with E-state index in [1.165, 1.54) is 0 Å². The molecule has 42 heavy (non-hydrogen) atoms. The molecule has 1 aromatic heterocycles. The van der Waals surface area contributed by atoms with Gasteiger partial charge in [-0.3, -0.25) is 0 Å². The Kier molecular flexibility index (Phi) is 7.34. The minimum atomic E-state index is -0.633. The Balaban J connectivity index is 1.45. The van der Waals surface area contributed by atoms with Crippen molar-refractivity contribution < 1.29 is 23.8 Å². The van der Waals surface area contributed by atoms with E-state index in [1.54, 1.807) is 0 Å². The number of imidazole rings is 1. The van der Waals surface area contributed by atoms with Crippen molar-refractivity contribution in [3.8, 4) is 17.0 Å². The van der Waals surface area contributed by atoms with Gasteiger partial charge in [0.25, 0.3) is 0 Å². The Hall–Kier alpha value is -3.23. The number of aromatic nitrogens is 2. The second-order valence-corrected chi connectivity index (χ2v) is 15.1. The van der Waals surface area contributed by atoms with Crippen LogP contribution in [0.4, 0.5) is 9.59 Å². The van der Waals surface area contributed by atoms with Crippen molar-refractivity contribution in [3.05, 3.63) is 35.3 Å². The summed E-state index contributed by atoms with van der Waals surface area (Å²) in [5.41, 5.74) is 1.90. The maximum atomic E-state index is 13.0. The predicted molar refractivity (Wildman–Crippen MR) is 162 cm³/mol. The van der Waals surface area contributed by atoms with Crippen LogP contribution in [0.15, 0.2) is 18.2 Å². The van der Waals surface area contributed by atoms with E-state index in [9.17, 15) is 9.59 Å². The van der Waals surface area contributed by atoms with E-state index in [0.717, 1.165) is 46.9 Å². The fraction of sp³-hybridized carbons (Fsp3) is 0.667. The zero-order valence-corrected chi connectivity index (χ0v) is 27.0. The van der Waals surface area contributed by atoms with Crippen LogP contribution < -0.4 is 4.74 Å². The van der Waals surface area contributed by atoms with Crippen molar-refractivity contribution in [1.82, 2.24) is 19.8 Å². The number of amides is 2. The third-order valence-electron chi connectivity index (χ3n) is 8.60. The van der Waals surface area contributed by atoms with Gasteiger partial charge in [-0.1, -0.05) is 6.07 Å². The van der Waals surface area contributed by atoms with Gasteiger partial charge < -0.3 is 29.0 Å². The van der Waals surface area contributed by atoms with E-state index in [0.29, 0.717) is 25.9 Å². The SMILES string of the molecule is Cc1ccc2c(c1)O[C@@]1(CCN(C(=O)OC(C)(C)C)[C@@H](C)C1)c1[nH]c(C3CCN(C(=O)OC(C)(C)C)C(C)(C)C3)nc1-2. The lowest BCUT2D eigenvalue weighted by Crippen LogP contribution is -2.54. The highest BCUT2D eigenvalue weighted by atomic mass is 16.6. The van der Waals surface area contributed by atoms with Gasteiger partial charge in [-0.2, -0.15) is 0 Å². The highest BCUT2D eigenvalue weighted by molar-refractivity contribution is 5.74. The average molecular weight is 581 g/mol. The predicted octanol–water partition coefficient (Wildman–Crippen LogP) is 7.29. The molecule has 1 unspecified atom stereocenters. The van der Waals surface area contributed by atoms with Gasteiger partial charge in [0.15, 0.2) is 5.60 Å². The second kappa shape index (κ2) is 10.2. The minimum absolute atomic E-state index is 0.0874. The molecule has 9 heteroatoms. The molecule has 2 fully saturated rings. The summed E-state index contributed by atoms with van der Waals surface area (Å²) >= 11 is 0. The van der Waals surface area contributed by atoms with Crippen LogP contribution in [0.2, 0.25) is 0 Å². The molecule has 2 saturated heterocycles. The van der Waals surface area contributed by atoms with Crippen LogP contribution in [-0.2, 0) is 15.1 Å². The van der Waals surface area contributed by atoms with Crippen LogP contribution in [0.5, 0.6) is 5.75 Å².